The van der Waals surface area contributed by atoms with E-state index >= 15 is 0 Å². The van der Waals surface area contributed by atoms with Gasteiger partial charge in [-0.15, -0.1) is 10.2 Å². The molecule has 1 heterocycles. The largest absolute Gasteiger partial charge is 0.489 e. The number of nitrogens with zero attached hydrogens (tertiary/aromatic N) is 2. The number of carbonyl (C=O) groups excluding carboxylic acids is 1. The highest BCUT2D eigenvalue weighted by molar-refractivity contribution is 7.15. The lowest BCUT2D eigenvalue weighted by molar-refractivity contribution is 0.102. The maximum absolute atomic E-state index is 12.2. The van der Waals surface area contributed by atoms with E-state index in [0.717, 1.165) is 5.56 Å². The van der Waals surface area contributed by atoms with E-state index in [1.165, 1.54) is 11.3 Å². The molecule has 25 heavy (non-hydrogen) atoms. The quantitative estimate of drug-likeness (QED) is 0.702. The molecular formula is C18H17N3O3S. The van der Waals surface area contributed by atoms with Gasteiger partial charge in [-0.25, -0.2) is 0 Å². The Morgan fingerprint density at radius 1 is 1.04 bits per heavy atom. The minimum atomic E-state index is -0.241. The van der Waals surface area contributed by atoms with Gasteiger partial charge in [-0.05, 0) is 29.8 Å². The first-order valence-electron chi connectivity index (χ1n) is 7.64. The molecule has 0 spiro atoms. The number of amides is 1. The van der Waals surface area contributed by atoms with Crippen molar-refractivity contribution in [2.75, 3.05) is 12.4 Å². The van der Waals surface area contributed by atoms with Crippen LogP contribution in [0.15, 0.2) is 54.6 Å². The first kappa shape index (κ1) is 17.1. The van der Waals surface area contributed by atoms with Gasteiger partial charge in [0.1, 0.15) is 24.0 Å². The zero-order chi connectivity index (χ0) is 17.5. The number of rotatable bonds is 7. The summed E-state index contributed by atoms with van der Waals surface area (Å²) < 4.78 is 10.7. The molecule has 0 fully saturated rings. The summed E-state index contributed by atoms with van der Waals surface area (Å²) in [6.07, 6.45) is 0. The highest BCUT2D eigenvalue weighted by Crippen LogP contribution is 2.18. The van der Waals surface area contributed by atoms with Gasteiger partial charge in [0, 0.05) is 12.7 Å². The molecule has 0 radical (unpaired) electrons. The molecule has 0 aliphatic carbocycles. The SMILES string of the molecule is COCc1nnc(NC(=O)c2ccc(OCc3ccccc3)cc2)s1. The van der Waals surface area contributed by atoms with Crippen molar-refractivity contribution in [1.82, 2.24) is 10.2 Å². The van der Waals surface area contributed by atoms with Crippen LogP contribution in [0.4, 0.5) is 5.13 Å². The number of hydrogen-bond acceptors (Lipinski definition) is 6. The van der Waals surface area contributed by atoms with Crippen LogP contribution in [0, 0.1) is 0 Å². The van der Waals surface area contributed by atoms with Gasteiger partial charge >= 0.3 is 0 Å². The third-order valence-electron chi connectivity index (χ3n) is 3.32. The van der Waals surface area contributed by atoms with Gasteiger partial charge in [-0.1, -0.05) is 41.7 Å². The minimum absolute atomic E-state index is 0.241. The highest BCUT2D eigenvalue weighted by Gasteiger charge is 2.10. The molecule has 6 nitrogen and oxygen atoms in total. The maximum Gasteiger partial charge on any atom is 0.257 e. The van der Waals surface area contributed by atoms with E-state index in [0.29, 0.717) is 34.7 Å². The zero-order valence-electron chi connectivity index (χ0n) is 13.6. The number of hydrogen-bond donors (Lipinski definition) is 1. The molecule has 0 bridgehead atoms. The Kier molecular flexibility index (Phi) is 5.71. The van der Waals surface area contributed by atoms with Crippen molar-refractivity contribution >= 4 is 22.4 Å². The molecule has 0 atom stereocenters. The predicted molar refractivity (Wildman–Crippen MR) is 95.8 cm³/mol. The summed E-state index contributed by atoms with van der Waals surface area (Å²) in [4.78, 5) is 12.2. The fourth-order valence-electron chi connectivity index (χ4n) is 2.10. The van der Waals surface area contributed by atoms with E-state index in [4.69, 9.17) is 9.47 Å². The van der Waals surface area contributed by atoms with Crippen LogP contribution in [0.2, 0.25) is 0 Å². The fourth-order valence-corrected chi connectivity index (χ4v) is 2.81. The van der Waals surface area contributed by atoms with Gasteiger partial charge in [0.15, 0.2) is 0 Å². The van der Waals surface area contributed by atoms with Crippen molar-refractivity contribution in [1.29, 1.82) is 0 Å². The summed E-state index contributed by atoms with van der Waals surface area (Å²) >= 11 is 1.29. The Hall–Kier alpha value is -2.77. The molecule has 3 rings (SSSR count). The Labute approximate surface area is 149 Å². The molecule has 0 unspecified atom stereocenters. The number of ether oxygens (including phenoxy) is 2. The monoisotopic (exact) mass is 355 g/mol. The van der Waals surface area contributed by atoms with Crippen molar-refractivity contribution in [2.24, 2.45) is 0 Å². The van der Waals surface area contributed by atoms with Gasteiger partial charge in [0.25, 0.3) is 5.91 Å². The normalized spacial score (nSPS) is 10.4. The number of nitrogens with one attached hydrogen (secondary N) is 1. The number of carbonyl (C=O) groups is 1. The number of methoxy groups -OCH3 is 1. The van der Waals surface area contributed by atoms with Gasteiger partial charge in [-0.2, -0.15) is 0 Å². The Balaban J connectivity index is 1.56. The topological polar surface area (TPSA) is 73.3 Å². The predicted octanol–water partition coefficient (Wildman–Crippen LogP) is 3.52. The number of benzene rings is 2. The number of aromatic nitrogens is 2. The Morgan fingerprint density at radius 2 is 1.80 bits per heavy atom. The molecule has 0 saturated heterocycles. The van der Waals surface area contributed by atoms with Gasteiger partial charge in [-0.3, -0.25) is 10.1 Å². The zero-order valence-corrected chi connectivity index (χ0v) is 14.5. The second kappa shape index (κ2) is 8.36. The van der Waals surface area contributed by atoms with Crippen LogP contribution in [0.25, 0.3) is 0 Å². The number of anilines is 1. The molecule has 2 aromatic carbocycles. The summed E-state index contributed by atoms with van der Waals surface area (Å²) in [7, 11) is 1.58. The lowest BCUT2D eigenvalue weighted by Gasteiger charge is -2.07. The summed E-state index contributed by atoms with van der Waals surface area (Å²) in [6, 6.07) is 16.9. The van der Waals surface area contributed by atoms with Crippen molar-refractivity contribution in [3.05, 3.63) is 70.7 Å². The molecule has 128 valence electrons. The van der Waals surface area contributed by atoms with E-state index in [1.54, 1.807) is 31.4 Å². The first-order chi connectivity index (χ1) is 12.2. The Bertz CT molecular complexity index is 819. The van der Waals surface area contributed by atoms with E-state index < -0.39 is 0 Å². The Morgan fingerprint density at radius 3 is 2.52 bits per heavy atom. The standard InChI is InChI=1S/C18H17N3O3S/c1-23-12-16-20-21-18(25-16)19-17(22)14-7-9-15(10-8-14)24-11-13-5-3-2-4-6-13/h2-10H,11-12H2,1H3,(H,19,21,22). The molecule has 0 aliphatic heterocycles. The smallest absolute Gasteiger partial charge is 0.257 e. The van der Waals surface area contributed by atoms with Crippen LogP contribution in [0.5, 0.6) is 5.75 Å². The van der Waals surface area contributed by atoms with Crippen LogP contribution in [-0.2, 0) is 18.0 Å². The van der Waals surface area contributed by atoms with Crippen molar-refractivity contribution in [2.45, 2.75) is 13.2 Å². The van der Waals surface area contributed by atoms with Crippen LogP contribution in [-0.4, -0.2) is 23.2 Å². The van der Waals surface area contributed by atoms with Crippen molar-refractivity contribution < 1.29 is 14.3 Å². The van der Waals surface area contributed by atoms with E-state index in [9.17, 15) is 4.79 Å². The summed E-state index contributed by atoms with van der Waals surface area (Å²) in [5, 5.41) is 11.7. The molecule has 0 aliphatic rings. The van der Waals surface area contributed by atoms with E-state index in [-0.39, 0.29) is 5.91 Å². The molecular weight excluding hydrogens is 338 g/mol. The third kappa shape index (κ3) is 4.85. The minimum Gasteiger partial charge on any atom is -0.489 e. The fraction of sp³-hybridized carbons (Fsp3) is 0.167. The van der Waals surface area contributed by atoms with E-state index in [1.807, 2.05) is 30.3 Å². The molecule has 0 saturated carbocycles. The average Bonchev–Trinajstić information content (AvgIpc) is 3.08. The molecule has 3 aromatic rings. The van der Waals surface area contributed by atoms with Crippen LogP contribution < -0.4 is 10.1 Å². The average molecular weight is 355 g/mol. The molecule has 1 amide bonds. The lowest BCUT2D eigenvalue weighted by atomic mass is 10.2. The van der Waals surface area contributed by atoms with Crippen LogP contribution in [0.1, 0.15) is 20.9 Å². The van der Waals surface area contributed by atoms with Crippen LogP contribution in [0.3, 0.4) is 0 Å². The summed E-state index contributed by atoms with van der Waals surface area (Å²) in [5.41, 5.74) is 1.61. The van der Waals surface area contributed by atoms with Crippen molar-refractivity contribution in [3.8, 4) is 5.75 Å². The maximum atomic E-state index is 12.2. The van der Waals surface area contributed by atoms with Gasteiger partial charge in [0.05, 0.1) is 0 Å². The molecule has 7 heteroatoms. The van der Waals surface area contributed by atoms with Gasteiger partial charge < -0.3 is 9.47 Å². The third-order valence-corrected chi connectivity index (χ3v) is 4.13. The van der Waals surface area contributed by atoms with Crippen molar-refractivity contribution in [3.63, 3.8) is 0 Å². The second-order valence-corrected chi connectivity index (χ2v) is 6.25. The summed E-state index contributed by atoms with van der Waals surface area (Å²) in [6.45, 7) is 0.862. The molecule has 1 N–H and O–H groups in total. The molecule has 1 aromatic heterocycles. The van der Waals surface area contributed by atoms with Gasteiger partial charge in [0.2, 0.25) is 5.13 Å². The van der Waals surface area contributed by atoms with Crippen LogP contribution >= 0.6 is 11.3 Å². The lowest BCUT2D eigenvalue weighted by Crippen LogP contribution is -2.11. The first-order valence-corrected chi connectivity index (χ1v) is 8.45. The second-order valence-electron chi connectivity index (χ2n) is 5.19. The van der Waals surface area contributed by atoms with E-state index in [2.05, 4.69) is 15.5 Å². The summed E-state index contributed by atoms with van der Waals surface area (Å²) in [5.74, 6) is 0.466. The highest BCUT2D eigenvalue weighted by atomic mass is 32.1.